The number of anilines is 1. The normalized spacial score (nSPS) is 10.5. The van der Waals surface area contributed by atoms with Gasteiger partial charge in [-0.2, -0.15) is 0 Å². The Balaban J connectivity index is 2.38. The summed E-state index contributed by atoms with van der Waals surface area (Å²) in [5.41, 5.74) is 1.83. The third-order valence-corrected chi connectivity index (χ3v) is 4.18. The molecule has 0 spiro atoms. The van der Waals surface area contributed by atoms with Crippen molar-refractivity contribution >= 4 is 17.6 Å². The fraction of sp³-hybridized carbons (Fsp3) is 0.350. The van der Waals surface area contributed by atoms with Gasteiger partial charge in [0.2, 0.25) is 0 Å². The van der Waals surface area contributed by atoms with Gasteiger partial charge in [-0.1, -0.05) is 25.5 Å². The summed E-state index contributed by atoms with van der Waals surface area (Å²) in [5, 5.41) is 2.67. The molecule has 1 N–H and O–H groups in total. The number of esters is 1. The Kier molecular flexibility index (Phi) is 6.33. The molecule has 1 heterocycles. The number of aromatic nitrogens is 1. The van der Waals surface area contributed by atoms with E-state index in [2.05, 4.69) is 12.2 Å². The second-order valence-corrected chi connectivity index (χ2v) is 6.18. The summed E-state index contributed by atoms with van der Waals surface area (Å²) in [5.74, 6) is -0.772. The molecule has 0 saturated carbocycles. The predicted octanol–water partition coefficient (Wildman–Crippen LogP) is 3.44. The lowest BCUT2D eigenvalue weighted by Gasteiger charge is -2.15. The molecule has 1 aromatic carbocycles. The summed E-state index contributed by atoms with van der Waals surface area (Å²) in [7, 11) is 0. The number of para-hydroxylation sites is 2. The highest BCUT2D eigenvalue weighted by molar-refractivity contribution is 6.05. The van der Waals surface area contributed by atoms with Gasteiger partial charge >= 0.3 is 5.97 Å². The van der Waals surface area contributed by atoms with Crippen LogP contribution in [0.25, 0.3) is 0 Å². The second kappa shape index (κ2) is 8.47. The highest BCUT2D eigenvalue weighted by atomic mass is 16.5. The number of benzene rings is 1. The number of amides is 1. The van der Waals surface area contributed by atoms with Gasteiger partial charge in [0.15, 0.2) is 5.75 Å². The fourth-order valence-electron chi connectivity index (χ4n) is 2.64. The molecule has 2 rings (SSSR count). The summed E-state index contributed by atoms with van der Waals surface area (Å²) in [6, 6.07) is 8.21. The van der Waals surface area contributed by atoms with E-state index in [-0.39, 0.29) is 16.9 Å². The Hall–Kier alpha value is -2.89. The maximum absolute atomic E-state index is 12.8. The van der Waals surface area contributed by atoms with Crippen molar-refractivity contribution in [3.8, 4) is 5.75 Å². The Morgan fingerprint density at radius 2 is 1.88 bits per heavy atom. The Morgan fingerprint density at radius 1 is 1.19 bits per heavy atom. The van der Waals surface area contributed by atoms with E-state index < -0.39 is 11.9 Å². The van der Waals surface area contributed by atoms with Gasteiger partial charge in [-0.3, -0.25) is 14.4 Å². The molecule has 0 aliphatic heterocycles. The van der Waals surface area contributed by atoms with Crippen LogP contribution >= 0.6 is 0 Å². The van der Waals surface area contributed by atoms with Gasteiger partial charge in [-0.25, -0.2) is 0 Å². The molecule has 0 atom stereocenters. The van der Waals surface area contributed by atoms with Crippen LogP contribution in [0.1, 0.15) is 48.3 Å². The molecule has 6 heteroatoms. The van der Waals surface area contributed by atoms with E-state index in [1.54, 1.807) is 34.9 Å². The van der Waals surface area contributed by atoms with E-state index in [0.717, 1.165) is 24.1 Å². The minimum atomic E-state index is -0.525. The minimum Gasteiger partial charge on any atom is -0.424 e. The number of unbranched alkanes of at least 4 members (excludes halogenated alkanes) is 1. The smallest absolute Gasteiger partial charge is 0.308 e. The molecule has 0 bridgehead atoms. The molecule has 0 saturated heterocycles. The van der Waals surface area contributed by atoms with E-state index in [1.165, 1.54) is 6.92 Å². The van der Waals surface area contributed by atoms with Crippen molar-refractivity contribution < 1.29 is 14.3 Å². The summed E-state index contributed by atoms with van der Waals surface area (Å²) in [4.78, 5) is 36.7. The number of nitrogens with zero attached hydrogens (tertiary/aromatic N) is 1. The lowest BCUT2D eigenvalue weighted by molar-refractivity contribution is -0.131. The monoisotopic (exact) mass is 356 g/mol. The molecule has 0 fully saturated rings. The van der Waals surface area contributed by atoms with Crippen LogP contribution in [0.15, 0.2) is 35.1 Å². The van der Waals surface area contributed by atoms with Crippen LogP contribution in [0.4, 0.5) is 5.69 Å². The molecule has 0 aliphatic carbocycles. The third-order valence-electron chi connectivity index (χ3n) is 4.18. The summed E-state index contributed by atoms with van der Waals surface area (Å²) in [6.07, 6.45) is 1.82. The topological polar surface area (TPSA) is 77.4 Å². The number of rotatable bonds is 6. The van der Waals surface area contributed by atoms with Crippen molar-refractivity contribution in [2.24, 2.45) is 0 Å². The molecule has 0 unspecified atom stereocenters. The standard InChI is InChI=1S/C20H24N2O4/c1-5-6-11-22-14(3)13(2)12-16(20(22)25)19(24)21-17-9-7-8-10-18(17)26-15(4)23/h7-10,12H,5-6,11H2,1-4H3,(H,21,24). The van der Waals surface area contributed by atoms with Gasteiger partial charge in [0, 0.05) is 19.2 Å². The van der Waals surface area contributed by atoms with Crippen LogP contribution in [0.2, 0.25) is 0 Å². The zero-order valence-corrected chi connectivity index (χ0v) is 15.6. The first-order valence-corrected chi connectivity index (χ1v) is 8.65. The van der Waals surface area contributed by atoms with Crippen molar-refractivity contribution in [2.75, 3.05) is 5.32 Å². The quantitative estimate of drug-likeness (QED) is 0.635. The summed E-state index contributed by atoms with van der Waals surface area (Å²) < 4.78 is 6.74. The molecule has 1 amide bonds. The Labute approximate surface area is 152 Å². The first kappa shape index (κ1) is 19.4. The lowest BCUT2D eigenvalue weighted by atomic mass is 10.1. The second-order valence-electron chi connectivity index (χ2n) is 6.18. The average Bonchev–Trinajstić information content (AvgIpc) is 2.59. The number of hydrogen-bond acceptors (Lipinski definition) is 4. The number of pyridine rings is 1. The molecule has 0 radical (unpaired) electrons. The highest BCUT2D eigenvalue weighted by Crippen LogP contribution is 2.24. The molecule has 26 heavy (non-hydrogen) atoms. The van der Waals surface area contributed by atoms with Gasteiger partial charge in [0.05, 0.1) is 5.69 Å². The average molecular weight is 356 g/mol. The van der Waals surface area contributed by atoms with Gasteiger partial charge in [0.1, 0.15) is 5.56 Å². The van der Waals surface area contributed by atoms with Crippen molar-refractivity contribution in [2.45, 2.75) is 47.1 Å². The number of aryl methyl sites for hydroxylation is 1. The SMILES string of the molecule is CCCCn1c(C)c(C)cc(C(=O)Nc2ccccc2OC(C)=O)c1=O. The first-order chi connectivity index (χ1) is 12.3. The molecule has 6 nitrogen and oxygen atoms in total. The maximum Gasteiger partial charge on any atom is 0.308 e. The Bertz CT molecular complexity index is 884. The number of carbonyl (C=O) groups excluding carboxylic acids is 2. The van der Waals surface area contributed by atoms with Crippen LogP contribution in [-0.2, 0) is 11.3 Å². The van der Waals surface area contributed by atoms with Crippen molar-refractivity contribution in [1.29, 1.82) is 0 Å². The molecule has 0 aliphatic rings. The van der Waals surface area contributed by atoms with Crippen LogP contribution in [0, 0.1) is 13.8 Å². The predicted molar refractivity (Wildman–Crippen MR) is 101 cm³/mol. The molecule has 1 aromatic heterocycles. The van der Waals surface area contributed by atoms with E-state index in [4.69, 9.17) is 4.74 Å². The van der Waals surface area contributed by atoms with E-state index in [1.807, 2.05) is 13.8 Å². The van der Waals surface area contributed by atoms with E-state index in [0.29, 0.717) is 12.2 Å². The van der Waals surface area contributed by atoms with Gasteiger partial charge in [-0.15, -0.1) is 0 Å². The summed E-state index contributed by atoms with van der Waals surface area (Å²) in [6.45, 7) is 7.67. The molecule has 138 valence electrons. The van der Waals surface area contributed by atoms with E-state index >= 15 is 0 Å². The fourth-order valence-corrected chi connectivity index (χ4v) is 2.64. The van der Waals surface area contributed by atoms with E-state index in [9.17, 15) is 14.4 Å². The zero-order valence-electron chi connectivity index (χ0n) is 15.6. The van der Waals surface area contributed by atoms with Crippen molar-refractivity contribution in [3.05, 3.63) is 57.5 Å². The third kappa shape index (κ3) is 4.39. The van der Waals surface area contributed by atoms with Crippen LogP contribution in [-0.4, -0.2) is 16.4 Å². The zero-order chi connectivity index (χ0) is 19.3. The highest BCUT2D eigenvalue weighted by Gasteiger charge is 2.17. The molecular weight excluding hydrogens is 332 g/mol. The number of nitrogens with one attached hydrogen (secondary N) is 1. The number of carbonyl (C=O) groups is 2. The van der Waals surface area contributed by atoms with Crippen molar-refractivity contribution in [3.63, 3.8) is 0 Å². The first-order valence-electron chi connectivity index (χ1n) is 8.65. The van der Waals surface area contributed by atoms with Gasteiger partial charge in [-0.05, 0) is 44.0 Å². The lowest BCUT2D eigenvalue weighted by Crippen LogP contribution is -2.31. The van der Waals surface area contributed by atoms with Crippen LogP contribution in [0.5, 0.6) is 5.75 Å². The Morgan fingerprint density at radius 3 is 2.54 bits per heavy atom. The summed E-state index contributed by atoms with van der Waals surface area (Å²) >= 11 is 0. The largest absolute Gasteiger partial charge is 0.424 e. The molecular formula is C20H24N2O4. The van der Waals surface area contributed by atoms with Crippen LogP contribution in [0.3, 0.4) is 0 Å². The molecule has 2 aromatic rings. The van der Waals surface area contributed by atoms with Crippen molar-refractivity contribution in [1.82, 2.24) is 4.57 Å². The minimum absolute atomic E-state index is 0.0711. The van der Waals surface area contributed by atoms with Gasteiger partial charge in [0.25, 0.3) is 11.5 Å². The van der Waals surface area contributed by atoms with Gasteiger partial charge < -0.3 is 14.6 Å². The number of ether oxygens (including phenoxy) is 1. The number of hydrogen-bond donors (Lipinski definition) is 1. The van der Waals surface area contributed by atoms with Crippen LogP contribution < -0.4 is 15.6 Å². The maximum atomic E-state index is 12.8.